The monoisotopic (exact) mass is 405 g/mol. The Balaban J connectivity index is 1.66. The van der Waals surface area contributed by atoms with E-state index in [0.29, 0.717) is 21.5 Å². The molecule has 148 valence electrons. The normalized spacial score (nSPS) is 10.1. The van der Waals surface area contributed by atoms with Crippen molar-refractivity contribution >= 4 is 51.5 Å². The third-order valence-electron chi connectivity index (χ3n) is 3.18. The van der Waals surface area contributed by atoms with Gasteiger partial charge in [-0.15, -0.1) is 10.2 Å². The molecule has 0 atom stereocenters. The number of ether oxygens (including phenoxy) is 1. The molecule has 2 aromatic rings. The van der Waals surface area contributed by atoms with E-state index in [9.17, 15) is 19.2 Å². The van der Waals surface area contributed by atoms with Crippen LogP contribution in [0.1, 0.15) is 24.8 Å². The van der Waals surface area contributed by atoms with Crippen molar-refractivity contribution in [2.75, 3.05) is 22.6 Å². The van der Waals surface area contributed by atoms with Crippen LogP contribution in [0.15, 0.2) is 24.3 Å². The predicted molar refractivity (Wildman–Crippen MR) is 103 cm³/mol. The van der Waals surface area contributed by atoms with Gasteiger partial charge in [0.05, 0.1) is 6.42 Å². The maximum Gasteiger partial charge on any atom is 0.306 e. The summed E-state index contributed by atoms with van der Waals surface area (Å²) in [4.78, 5) is 46.1. The van der Waals surface area contributed by atoms with Gasteiger partial charge in [-0.05, 0) is 31.2 Å². The number of carbonyl (C=O) groups excluding carboxylic acids is 4. The highest BCUT2D eigenvalue weighted by atomic mass is 32.1. The van der Waals surface area contributed by atoms with E-state index < -0.39 is 24.4 Å². The lowest BCUT2D eigenvalue weighted by molar-refractivity contribution is -0.147. The first kappa shape index (κ1) is 21.0. The highest BCUT2D eigenvalue weighted by Gasteiger charge is 2.12. The summed E-state index contributed by atoms with van der Waals surface area (Å²) in [5.41, 5.74) is 1.08. The van der Waals surface area contributed by atoms with Crippen LogP contribution in [0.25, 0.3) is 0 Å². The smallest absolute Gasteiger partial charge is 0.306 e. The molecule has 0 spiro atoms. The third-order valence-corrected chi connectivity index (χ3v) is 3.94. The number of aryl methyl sites for hydroxylation is 1. The number of nitrogens with zero attached hydrogens (tertiary/aromatic N) is 2. The van der Waals surface area contributed by atoms with E-state index in [1.165, 1.54) is 18.3 Å². The van der Waals surface area contributed by atoms with Gasteiger partial charge in [-0.3, -0.25) is 19.2 Å². The number of amides is 3. The summed E-state index contributed by atoms with van der Waals surface area (Å²) in [5.74, 6) is -1.78. The molecule has 0 fully saturated rings. The summed E-state index contributed by atoms with van der Waals surface area (Å²) in [5, 5.41) is 16.3. The van der Waals surface area contributed by atoms with Crippen molar-refractivity contribution in [3.63, 3.8) is 0 Å². The molecular weight excluding hydrogens is 386 g/mol. The Kier molecular flexibility index (Phi) is 7.57. The van der Waals surface area contributed by atoms with Gasteiger partial charge < -0.3 is 20.7 Å². The number of hydrogen-bond acceptors (Lipinski definition) is 8. The van der Waals surface area contributed by atoms with Crippen LogP contribution in [-0.4, -0.2) is 40.5 Å². The summed E-state index contributed by atoms with van der Waals surface area (Å²) < 4.78 is 4.84. The van der Waals surface area contributed by atoms with Gasteiger partial charge in [-0.2, -0.15) is 0 Å². The minimum atomic E-state index is -0.667. The molecule has 28 heavy (non-hydrogen) atoms. The van der Waals surface area contributed by atoms with Crippen molar-refractivity contribution in [2.45, 2.75) is 26.7 Å². The second kappa shape index (κ2) is 10.1. The molecule has 3 N–H and O–H groups in total. The lowest BCUT2D eigenvalue weighted by atomic mass is 10.2. The van der Waals surface area contributed by atoms with Crippen LogP contribution in [0.3, 0.4) is 0 Å². The summed E-state index contributed by atoms with van der Waals surface area (Å²) in [6.07, 6.45) is -0.258. The number of carbonyl (C=O) groups is 4. The van der Waals surface area contributed by atoms with Crippen LogP contribution < -0.4 is 16.0 Å². The van der Waals surface area contributed by atoms with Gasteiger partial charge in [-0.1, -0.05) is 11.3 Å². The third kappa shape index (κ3) is 7.50. The summed E-state index contributed by atoms with van der Waals surface area (Å²) in [6, 6.07) is 6.46. The standard InChI is InChI=1S/C17H19N5O5S/c1-10(23)18-12-3-5-13(6-4-12)19-15(25)9-27-16(26)8-7-14(24)20-17-22-21-11(2)28-17/h3-6H,7-9H2,1-2H3,(H,18,23)(H,19,25)(H,20,22,24). The highest BCUT2D eigenvalue weighted by molar-refractivity contribution is 7.15. The van der Waals surface area contributed by atoms with Gasteiger partial charge in [0.1, 0.15) is 5.01 Å². The highest BCUT2D eigenvalue weighted by Crippen LogP contribution is 2.14. The number of rotatable bonds is 8. The molecule has 0 aliphatic carbocycles. The minimum absolute atomic E-state index is 0.0936. The number of anilines is 3. The van der Waals surface area contributed by atoms with Crippen molar-refractivity contribution in [1.82, 2.24) is 10.2 Å². The molecule has 0 aliphatic heterocycles. The fourth-order valence-corrected chi connectivity index (χ4v) is 2.61. The number of benzene rings is 1. The molecule has 0 unspecified atom stereocenters. The van der Waals surface area contributed by atoms with Gasteiger partial charge >= 0.3 is 5.97 Å². The first-order valence-electron chi connectivity index (χ1n) is 8.25. The predicted octanol–water partition coefficient (Wildman–Crippen LogP) is 1.71. The zero-order chi connectivity index (χ0) is 20.5. The lowest BCUT2D eigenvalue weighted by Gasteiger charge is -2.08. The molecular formula is C17H19N5O5S. The molecule has 11 heteroatoms. The number of nitrogens with one attached hydrogen (secondary N) is 3. The molecule has 0 saturated heterocycles. The quantitative estimate of drug-likeness (QED) is 0.568. The first-order valence-corrected chi connectivity index (χ1v) is 9.06. The van der Waals surface area contributed by atoms with Crippen LogP contribution >= 0.6 is 11.3 Å². The zero-order valence-corrected chi connectivity index (χ0v) is 16.1. The van der Waals surface area contributed by atoms with Crippen LogP contribution in [0.4, 0.5) is 16.5 Å². The topological polar surface area (TPSA) is 139 Å². The average molecular weight is 405 g/mol. The molecule has 1 aromatic heterocycles. The van der Waals surface area contributed by atoms with E-state index in [-0.39, 0.29) is 18.7 Å². The van der Waals surface area contributed by atoms with Crippen molar-refractivity contribution < 1.29 is 23.9 Å². The molecule has 0 bridgehead atoms. The Hall–Kier alpha value is -3.34. The molecule has 1 heterocycles. The van der Waals surface area contributed by atoms with Gasteiger partial charge in [0.25, 0.3) is 5.91 Å². The van der Waals surface area contributed by atoms with Crippen molar-refractivity contribution in [3.05, 3.63) is 29.3 Å². The number of esters is 1. The van der Waals surface area contributed by atoms with Crippen molar-refractivity contribution in [3.8, 4) is 0 Å². The molecule has 0 radical (unpaired) electrons. The van der Waals surface area contributed by atoms with Gasteiger partial charge in [0.2, 0.25) is 16.9 Å². The van der Waals surface area contributed by atoms with Crippen LogP contribution in [0.2, 0.25) is 0 Å². The van der Waals surface area contributed by atoms with Crippen LogP contribution in [0.5, 0.6) is 0 Å². The Morgan fingerprint density at radius 1 is 0.929 bits per heavy atom. The van der Waals surface area contributed by atoms with Crippen LogP contribution in [0, 0.1) is 6.92 Å². The maximum atomic E-state index is 11.8. The Morgan fingerprint density at radius 2 is 1.57 bits per heavy atom. The fourth-order valence-electron chi connectivity index (χ4n) is 2.00. The molecule has 0 aliphatic rings. The van der Waals surface area contributed by atoms with Crippen LogP contribution in [-0.2, 0) is 23.9 Å². The summed E-state index contributed by atoms with van der Waals surface area (Å²) in [6.45, 7) is 2.68. The number of aromatic nitrogens is 2. The molecule has 3 amide bonds. The maximum absolute atomic E-state index is 11.8. The van der Waals surface area contributed by atoms with Crippen molar-refractivity contribution in [1.29, 1.82) is 0 Å². The van der Waals surface area contributed by atoms with E-state index in [0.717, 1.165) is 0 Å². The zero-order valence-electron chi connectivity index (χ0n) is 15.3. The van der Waals surface area contributed by atoms with Crippen molar-refractivity contribution in [2.24, 2.45) is 0 Å². The lowest BCUT2D eigenvalue weighted by Crippen LogP contribution is -2.21. The van der Waals surface area contributed by atoms with Gasteiger partial charge in [0, 0.05) is 24.7 Å². The molecule has 1 aromatic carbocycles. The van der Waals surface area contributed by atoms with E-state index in [4.69, 9.17) is 4.74 Å². The second-order valence-electron chi connectivity index (χ2n) is 5.64. The fraction of sp³-hybridized carbons (Fsp3) is 0.294. The SMILES string of the molecule is CC(=O)Nc1ccc(NC(=O)COC(=O)CCC(=O)Nc2nnc(C)s2)cc1. The largest absolute Gasteiger partial charge is 0.456 e. The van der Waals surface area contributed by atoms with Gasteiger partial charge in [-0.25, -0.2) is 0 Å². The minimum Gasteiger partial charge on any atom is -0.456 e. The molecule has 10 nitrogen and oxygen atoms in total. The van der Waals surface area contributed by atoms with Gasteiger partial charge in [0.15, 0.2) is 6.61 Å². The molecule has 2 rings (SSSR count). The second-order valence-corrected chi connectivity index (χ2v) is 6.82. The Labute approximate surface area is 164 Å². The number of hydrogen-bond donors (Lipinski definition) is 3. The summed E-state index contributed by atoms with van der Waals surface area (Å²) >= 11 is 1.23. The average Bonchev–Trinajstić information content (AvgIpc) is 3.04. The van der Waals surface area contributed by atoms with E-state index >= 15 is 0 Å². The van der Waals surface area contributed by atoms with E-state index in [1.807, 2.05) is 0 Å². The Bertz CT molecular complexity index is 865. The van der Waals surface area contributed by atoms with E-state index in [1.54, 1.807) is 31.2 Å². The summed E-state index contributed by atoms with van der Waals surface area (Å²) in [7, 11) is 0. The van der Waals surface area contributed by atoms with E-state index in [2.05, 4.69) is 26.1 Å². The first-order chi connectivity index (χ1) is 13.3. The molecule has 0 saturated carbocycles. The Morgan fingerprint density at radius 3 is 2.14 bits per heavy atom.